The van der Waals surface area contributed by atoms with Gasteiger partial charge in [0.15, 0.2) is 5.82 Å². The van der Waals surface area contributed by atoms with Crippen LogP contribution < -0.4 is 4.90 Å². The van der Waals surface area contributed by atoms with Crippen LogP contribution in [0, 0.1) is 0 Å². The third-order valence-electron chi connectivity index (χ3n) is 3.66. The second-order valence-corrected chi connectivity index (χ2v) is 4.84. The molecule has 1 aliphatic rings. The Balaban J connectivity index is 1.91. The van der Waals surface area contributed by atoms with E-state index in [9.17, 15) is 5.11 Å². The molecular formula is C14H18N4O. The summed E-state index contributed by atoms with van der Waals surface area (Å²) in [7, 11) is 0. The number of anilines is 1. The first kappa shape index (κ1) is 12.2. The average Bonchev–Trinajstić information content (AvgIpc) is 2.93. The van der Waals surface area contributed by atoms with Crippen LogP contribution in [0.15, 0.2) is 30.6 Å². The van der Waals surface area contributed by atoms with Crippen molar-refractivity contribution in [1.82, 2.24) is 14.8 Å². The molecule has 5 heteroatoms. The summed E-state index contributed by atoms with van der Waals surface area (Å²) in [6, 6.07) is 8.06. The lowest BCUT2D eigenvalue weighted by Crippen LogP contribution is -2.34. The van der Waals surface area contributed by atoms with Gasteiger partial charge in [0.05, 0.1) is 12.6 Å². The van der Waals surface area contributed by atoms with E-state index in [1.54, 1.807) is 6.33 Å². The van der Waals surface area contributed by atoms with Gasteiger partial charge in [-0.1, -0.05) is 25.1 Å². The van der Waals surface area contributed by atoms with Gasteiger partial charge in [0.2, 0.25) is 0 Å². The normalized spacial score (nSPS) is 16.2. The van der Waals surface area contributed by atoms with Crippen LogP contribution in [0.5, 0.6) is 0 Å². The number of para-hydroxylation sites is 1. The number of aliphatic hydroxyl groups excluding tert-OH is 1. The van der Waals surface area contributed by atoms with E-state index in [0.717, 1.165) is 43.1 Å². The fourth-order valence-corrected chi connectivity index (χ4v) is 2.55. The number of aromatic nitrogens is 3. The minimum atomic E-state index is -0.406. The van der Waals surface area contributed by atoms with Gasteiger partial charge in [-0.05, 0) is 12.5 Å². The highest BCUT2D eigenvalue weighted by Gasteiger charge is 2.21. The molecule has 0 aliphatic carbocycles. The van der Waals surface area contributed by atoms with Gasteiger partial charge in [0.1, 0.15) is 6.33 Å². The molecule has 19 heavy (non-hydrogen) atoms. The Hall–Kier alpha value is -1.88. The molecule has 3 rings (SSSR count). The first-order valence-electron chi connectivity index (χ1n) is 6.68. The minimum absolute atomic E-state index is 0.406. The Morgan fingerprint density at radius 2 is 2.16 bits per heavy atom. The predicted octanol–water partition coefficient (Wildman–Crippen LogP) is 1.74. The van der Waals surface area contributed by atoms with Crippen LogP contribution in [0.1, 0.15) is 30.8 Å². The van der Waals surface area contributed by atoms with Crippen molar-refractivity contribution in [3.63, 3.8) is 0 Å². The molecule has 1 N–H and O–H groups in total. The maximum absolute atomic E-state index is 10.1. The third kappa shape index (κ3) is 2.21. The van der Waals surface area contributed by atoms with Crippen LogP contribution in [0.2, 0.25) is 0 Å². The van der Waals surface area contributed by atoms with Crippen molar-refractivity contribution in [2.24, 2.45) is 0 Å². The highest BCUT2D eigenvalue weighted by atomic mass is 16.3. The van der Waals surface area contributed by atoms with E-state index in [4.69, 9.17) is 0 Å². The Bertz CT molecular complexity index is 566. The van der Waals surface area contributed by atoms with Gasteiger partial charge in [-0.2, -0.15) is 0 Å². The zero-order valence-corrected chi connectivity index (χ0v) is 11.0. The van der Waals surface area contributed by atoms with Gasteiger partial charge in [-0.3, -0.25) is 0 Å². The first-order chi connectivity index (χ1) is 9.29. The van der Waals surface area contributed by atoms with E-state index >= 15 is 0 Å². The molecule has 0 radical (unpaired) electrons. The molecule has 1 atom stereocenters. The third-order valence-corrected chi connectivity index (χ3v) is 3.66. The molecule has 0 bridgehead atoms. The fourth-order valence-electron chi connectivity index (χ4n) is 2.55. The number of benzene rings is 1. The van der Waals surface area contributed by atoms with E-state index in [1.165, 1.54) is 0 Å². The monoisotopic (exact) mass is 258 g/mol. The Kier molecular flexibility index (Phi) is 3.21. The summed E-state index contributed by atoms with van der Waals surface area (Å²) in [5.41, 5.74) is 2.10. The van der Waals surface area contributed by atoms with Crippen LogP contribution >= 0.6 is 0 Å². The van der Waals surface area contributed by atoms with Crippen molar-refractivity contribution in [2.75, 3.05) is 11.4 Å². The summed E-state index contributed by atoms with van der Waals surface area (Å²) in [4.78, 5) is 2.26. The average molecular weight is 258 g/mol. The standard InChI is InChI=1S/C14H18N4O/c1-2-13(19)11-5-3-4-6-12(11)17-7-8-18-10-15-16-14(18)9-17/h3-6,10,13,19H,2,7-9H2,1H3/t13-/m1/s1. The quantitative estimate of drug-likeness (QED) is 0.911. The summed E-state index contributed by atoms with van der Waals surface area (Å²) in [6.45, 7) is 4.54. The molecule has 1 aromatic carbocycles. The van der Waals surface area contributed by atoms with Gasteiger partial charge < -0.3 is 14.6 Å². The van der Waals surface area contributed by atoms with E-state index in [2.05, 4.69) is 25.7 Å². The number of rotatable bonds is 3. The molecule has 5 nitrogen and oxygen atoms in total. The number of nitrogens with zero attached hydrogens (tertiary/aromatic N) is 4. The molecule has 0 spiro atoms. The van der Waals surface area contributed by atoms with Gasteiger partial charge >= 0.3 is 0 Å². The zero-order chi connectivity index (χ0) is 13.2. The highest BCUT2D eigenvalue weighted by Crippen LogP contribution is 2.30. The van der Waals surface area contributed by atoms with Gasteiger partial charge in [0, 0.05) is 24.3 Å². The maximum Gasteiger partial charge on any atom is 0.152 e. The van der Waals surface area contributed by atoms with Crippen molar-refractivity contribution in [3.05, 3.63) is 42.0 Å². The lowest BCUT2D eigenvalue weighted by atomic mass is 10.0. The largest absolute Gasteiger partial charge is 0.388 e. The van der Waals surface area contributed by atoms with E-state index in [1.807, 2.05) is 25.1 Å². The lowest BCUT2D eigenvalue weighted by Gasteiger charge is -2.31. The predicted molar refractivity (Wildman–Crippen MR) is 72.8 cm³/mol. The molecule has 2 heterocycles. The molecule has 0 unspecified atom stereocenters. The summed E-state index contributed by atoms with van der Waals surface area (Å²) in [6.07, 6.45) is 2.09. The van der Waals surface area contributed by atoms with Crippen LogP contribution in [0.4, 0.5) is 5.69 Å². The minimum Gasteiger partial charge on any atom is -0.388 e. The van der Waals surface area contributed by atoms with Gasteiger partial charge in [-0.25, -0.2) is 0 Å². The Morgan fingerprint density at radius 1 is 1.32 bits per heavy atom. The molecular weight excluding hydrogens is 240 g/mol. The Labute approximate surface area is 112 Å². The highest BCUT2D eigenvalue weighted by molar-refractivity contribution is 5.55. The van der Waals surface area contributed by atoms with Crippen LogP contribution in [-0.2, 0) is 13.1 Å². The SMILES string of the molecule is CC[C@@H](O)c1ccccc1N1CCn2cnnc2C1. The molecule has 0 saturated carbocycles. The molecule has 0 fully saturated rings. The summed E-state index contributed by atoms with van der Waals surface area (Å²) in [5.74, 6) is 0.979. The molecule has 0 saturated heterocycles. The van der Waals surface area contributed by atoms with Crippen LogP contribution in [-0.4, -0.2) is 26.4 Å². The molecule has 1 aliphatic heterocycles. The first-order valence-corrected chi connectivity index (χ1v) is 6.68. The van der Waals surface area contributed by atoms with Crippen LogP contribution in [0.25, 0.3) is 0 Å². The molecule has 2 aromatic rings. The Morgan fingerprint density at radius 3 is 3.00 bits per heavy atom. The smallest absolute Gasteiger partial charge is 0.152 e. The number of hydrogen-bond donors (Lipinski definition) is 1. The molecule has 100 valence electrons. The van der Waals surface area contributed by atoms with Gasteiger partial charge in [-0.15, -0.1) is 10.2 Å². The summed E-state index contributed by atoms with van der Waals surface area (Å²) in [5, 5.41) is 18.2. The lowest BCUT2D eigenvalue weighted by molar-refractivity contribution is 0.174. The van der Waals surface area contributed by atoms with Crippen molar-refractivity contribution in [3.8, 4) is 0 Å². The van der Waals surface area contributed by atoms with Crippen LogP contribution in [0.3, 0.4) is 0 Å². The van der Waals surface area contributed by atoms with E-state index in [0.29, 0.717) is 0 Å². The second-order valence-electron chi connectivity index (χ2n) is 4.84. The number of hydrogen-bond acceptors (Lipinski definition) is 4. The maximum atomic E-state index is 10.1. The van der Waals surface area contributed by atoms with Gasteiger partial charge in [0.25, 0.3) is 0 Å². The van der Waals surface area contributed by atoms with Crippen molar-refractivity contribution in [1.29, 1.82) is 0 Å². The second kappa shape index (κ2) is 5.01. The number of aliphatic hydroxyl groups is 1. The zero-order valence-electron chi connectivity index (χ0n) is 11.0. The summed E-state index contributed by atoms with van der Waals surface area (Å²) >= 11 is 0. The fraction of sp³-hybridized carbons (Fsp3) is 0.429. The van der Waals surface area contributed by atoms with E-state index in [-0.39, 0.29) is 0 Å². The molecule has 1 aromatic heterocycles. The topological polar surface area (TPSA) is 54.2 Å². The van der Waals surface area contributed by atoms with E-state index < -0.39 is 6.10 Å². The number of fused-ring (bicyclic) bond motifs is 1. The summed E-state index contributed by atoms with van der Waals surface area (Å²) < 4.78 is 2.08. The van der Waals surface area contributed by atoms with Crippen molar-refractivity contribution in [2.45, 2.75) is 32.5 Å². The molecule has 0 amide bonds. The van der Waals surface area contributed by atoms with Crippen molar-refractivity contribution >= 4 is 5.69 Å². The van der Waals surface area contributed by atoms with Crippen molar-refractivity contribution < 1.29 is 5.11 Å².